The van der Waals surface area contributed by atoms with Crippen LogP contribution in [0.4, 0.5) is 0 Å². The molecule has 16 heavy (non-hydrogen) atoms. The van der Waals surface area contributed by atoms with Crippen LogP contribution in [0.15, 0.2) is 0 Å². The van der Waals surface area contributed by atoms with Gasteiger partial charge in [-0.25, -0.2) is 0 Å². The van der Waals surface area contributed by atoms with E-state index in [2.05, 4.69) is 17.3 Å². The highest BCUT2D eigenvalue weighted by molar-refractivity contribution is 5.78. The number of nitrogens with two attached hydrogens (primary N) is 1. The molecule has 1 aliphatic rings. The van der Waals surface area contributed by atoms with Crippen molar-refractivity contribution in [1.29, 1.82) is 0 Å². The molecule has 0 radical (unpaired) electrons. The lowest BCUT2D eigenvalue weighted by Gasteiger charge is -2.32. The van der Waals surface area contributed by atoms with Gasteiger partial charge in [-0.1, -0.05) is 13.3 Å². The maximum Gasteiger partial charge on any atom is 0.222 e. The largest absolute Gasteiger partial charge is 0.354 e. The number of nitrogens with one attached hydrogen (secondary N) is 1. The number of hydrogen-bond donors (Lipinski definition) is 2. The highest BCUT2D eigenvalue weighted by Crippen LogP contribution is 2.14. The number of likely N-dealkylation sites (N-methyl/N-ethyl adjacent to an activating group) is 1. The molecule has 1 rings (SSSR count). The van der Waals surface area contributed by atoms with Crippen LogP contribution in [-0.4, -0.2) is 43.5 Å². The third-order valence-electron chi connectivity index (χ3n) is 3.48. The van der Waals surface area contributed by atoms with Crippen LogP contribution >= 0.6 is 0 Å². The predicted molar refractivity (Wildman–Crippen MR) is 66.1 cm³/mol. The zero-order chi connectivity index (χ0) is 12.0. The summed E-state index contributed by atoms with van der Waals surface area (Å²) in [5.41, 5.74) is 5.44. The van der Waals surface area contributed by atoms with Gasteiger partial charge < -0.3 is 16.0 Å². The van der Waals surface area contributed by atoms with Crippen molar-refractivity contribution < 1.29 is 4.79 Å². The fraction of sp³-hybridized carbons (Fsp3) is 0.917. The van der Waals surface area contributed by atoms with Gasteiger partial charge in [-0.05, 0) is 39.4 Å². The SMILES string of the molecule is CC(CCN)C(=O)NCC1CCCCN1C. The second-order valence-electron chi connectivity index (χ2n) is 4.85. The Morgan fingerprint density at radius 2 is 2.31 bits per heavy atom. The molecule has 0 saturated carbocycles. The molecule has 0 aromatic carbocycles. The molecule has 94 valence electrons. The molecule has 2 unspecified atom stereocenters. The van der Waals surface area contributed by atoms with Crippen LogP contribution < -0.4 is 11.1 Å². The molecular weight excluding hydrogens is 202 g/mol. The Morgan fingerprint density at radius 1 is 1.56 bits per heavy atom. The highest BCUT2D eigenvalue weighted by atomic mass is 16.1. The Hall–Kier alpha value is -0.610. The summed E-state index contributed by atoms with van der Waals surface area (Å²) in [7, 11) is 2.14. The summed E-state index contributed by atoms with van der Waals surface area (Å²) >= 11 is 0. The topological polar surface area (TPSA) is 58.4 Å². The van der Waals surface area contributed by atoms with Gasteiger partial charge in [0.15, 0.2) is 0 Å². The fourth-order valence-corrected chi connectivity index (χ4v) is 2.18. The first-order chi connectivity index (χ1) is 7.65. The molecular formula is C12H25N3O. The van der Waals surface area contributed by atoms with Crippen molar-refractivity contribution in [3.05, 3.63) is 0 Å². The molecule has 1 saturated heterocycles. The van der Waals surface area contributed by atoms with E-state index in [4.69, 9.17) is 5.73 Å². The summed E-state index contributed by atoms with van der Waals surface area (Å²) in [5.74, 6) is 0.184. The Morgan fingerprint density at radius 3 is 2.94 bits per heavy atom. The minimum absolute atomic E-state index is 0.0406. The van der Waals surface area contributed by atoms with Crippen LogP contribution in [0.1, 0.15) is 32.6 Å². The first-order valence-corrected chi connectivity index (χ1v) is 6.33. The van der Waals surface area contributed by atoms with E-state index >= 15 is 0 Å². The molecule has 1 aliphatic heterocycles. The summed E-state index contributed by atoms with van der Waals surface area (Å²) in [6, 6.07) is 0.516. The van der Waals surface area contributed by atoms with E-state index in [9.17, 15) is 4.79 Å². The van der Waals surface area contributed by atoms with Crippen molar-refractivity contribution in [3.63, 3.8) is 0 Å². The van der Waals surface area contributed by atoms with Gasteiger partial charge in [0.2, 0.25) is 5.91 Å². The first-order valence-electron chi connectivity index (χ1n) is 6.33. The second kappa shape index (κ2) is 6.86. The monoisotopic (exact) mass is 227 g/mol. The average molecular weight is 227 g/mol. The van der Waals surface area contributed by atoms with Crippen molar-refractivity contribution in [3.8, 4) is 0 Å². The Balaban J connectivity index is 2.24. The van der Waals surface area contributed by atoms with E-state index in [0.29, 0.717) is 12.6 Å². The van der Waals surface area contributed by atoms with E-state index in [1.165, 1.54) is 19.3 Å². The molecule has 1 heterocycles. The van der Waals surface area contributed by atoms with Gasteiger partial charge in [0.25, 0.3) is 0 Å². The summed E-state index contributed by atoms with van der Waals surface area (Å²) in [5, 5.41) is 3.03. The lowest BCUT2D eigenvalue weighted by Crippen LogP contribution is -2.45. The third-order valence-corrected chi connectivity index (χ3v) is 3.48. The van der Waals surface area contributed by atoms with E-state index < -0.39 is 0 Å². The van der Waals surface area contributed by atoms with E-state index in [0.717, 1.165) is 19.5 Å². The van der Waals surface area contributed by atoms with Crippen LogP contribution in [0.25, 0.3) is 0 Å². The summed E-state index contributed by atoms with van der Waals surface area (Å²) in [4.78, 5) is 14.0. The number of likely N-dealkylation sites (tertiary alicyclic amines) is 1. The molecule has 0 aliphatic carbocycles. The molecule has 4 heteroatoms. The van der Waals surface area contributed by atoms with Gasteiger partial charge >= 0.3 is 0 Å². The van der Waals surface area contributed by atoms with Gasteiger partial charge in [0.1, 0.15) is 0 Å². The molecule has 3 N–H and O–H groups in total. The normalized spacial score (nSPS) is 24.1. The molecule has 0 aromatic rings. The summed E-state index contributed by atoms with van der Waals surface area (Å²) < 4.78 is 0. The van der Waals surface area contributed by atoms with Crippen molar-refractivity contribution in [2.75, 3.05) is 26.7 Å². The van der Waals surface area contributed by atoms with Crippen molar-refractivity contribution in [2.24, 2.45) is 11.7 Å². The lowest BCUT2D eigenvalue weighted by atomic mass is 10.0. The minimum atomic E-state index is 0.0406. The fourth-order valence-electron chi connectivity index (χ4n) is 2.18. The molecule has 1 fully saturated rings. The second-order valence-corrected chi connectivity index (χ2v) is 4.85. The zero-order valence-corrected chi connectivity index (χ0v) is 10.5. The van der Waals surface area contributed by atoms with Gasteiger partial charge in [0.05, 0.1) is 0 Å². The molecule has 0 spiro atoms. The van der Waals surface area contributed by atoms with Gasteiger partial charge in [-0.15, -0.1) is 0 Å². The van der Waals surface area contributed by atoms with Crippen molar-refractivity contribution in [2.45, 2.75) is 38.6 Å². The maximum absolute atomic E-state index is 11.7. The smallest absolute Gasteiger partial charge is 0.222 e. The maximum atomic E-state index is 11.7. The molecule has 4 nitrogen and oxygen atoms in total. The number of carbonyl (C=O) groups is 1. The lowest BCUT2D eigenvalue weighted by molar-refractivity contribution is -0.124. The van der Waals surface area contributed by atoms with Gasteiger partial charge in [-0.2, -0.15) is 0 Å². The zero-order valence-electron chi connectivity index (χ0n) is 10.5. The van der Waals surface area contributed by atoms with Gasteiger partial charge in [0, 0.05) is 18.5 Å². The standard InChI is InChI=1S/C12H25N3O/c1-10(6-7-13)12(16)14-9-11-5-3-4-8-15(11)2/h10-11H,3-9,13H2,1-2H3,(H,14,16). The highest BCUT2D eigenvalue weighted by Gasteiger charge is 2.20. The minimum Gasteiger partial charge on any atom is -0.354 e. The van der Waals surface area contributed by atoms with Crippen molar-refractivity contribution in [1.82, 2.24) is 10.2 Å². The molecule has 0 bridgehead atoms. The Labute approximate surface area is 98.6 Å². The quantitative estimate of drug-likeness (QED) is 0.722. The predicted octanol–water partition coefficient (Wildman–Crippen LogP) is 0.572. The summed E-state index contributed by atoms with van der Waals surface area (Å²) in [6.45, 7) is 4.45. The average Bonchev–Trinajstić information content (AvgIpc) is 2.28. The molecule has 1 amide bonds. The Bertz CT molecular complexity index is 220. The number of rotatable bonds is 5. The third kappa shape index (κ3) is 4.10. The van der Waals surface area contributed by atoms with Gasteiger partial charge in [-0.3, -0.25) is 4.79 Å². The number of carbonyl (C=O) groups excluding carboxylic acids is 1. The van der Waals surface area contributed by atoms with E-state index in [-0.39, 0.29) is 11.8 Å². The van der Waals surface area contributed by atoms with E-state index in [1.807, 2.05) is 6.92 Å². The molecule has 0 aromatic heterocycles. The number of hydrogen-bond acceptors (Lipinski definition) is 3. The van der Waals surface area contributed by atoms with Crippen molar-refractivity contribution >= 4 is 5.91 Å². The van der Waals surface area contributed by atoms with Crippen LogP contribution in [0.3, 0.4) is 0 Å². The van der Waals surface area contributed by atoms with Crippen LogP contribution in [0, 0.1) is 5.92 Å². The first kappa shape index (κ1) is 13.5. The Kier molecular flexibility index (Phi) is 5.77. The van der Waals surface area contributed by atoms with Crippen LogP contribution in [0.5, 0.6) is 0 Å². The number of amides is 1. The number of piperidine rings is 1. The number of nitrogens with zero attached hydrogens (tertiary/aromatic N) is 1. The molecule has 2 atom stereocenters. The summed E-state index contributed by atoms with van der Waals surface area (Å²) in [6.07, 6.45) is 4.53. The van der Waals surface area contributed by atoms with Crippen LogP contribution in [-0.2, 0) is 4.79 Å². The van der Waals surface area contributed by atoms with Crippen LogP contribution in [0.2, 0.25) is 0 Å². The van der Waals surface area contributed by atoms with E-state index in [1.54, 1.807) is 0 Å².